The Morgan fingerprint density at radius 3 is 2.79 bits per heavy atom. The maximum absolute atomic E-state index is 12.5. The van der Waals surface area contributed by atoms with E-state index in [1.54, 1.807) is 0 Å². The van der Waals surface area contributed by atoms with Gasteiger partial charge in [0.2, 0.25) is 5.91 Å². The smallest absolute Gasteiger partial charge is 0.228 e. The fraction of sp³-hybridized carbons (Fsp3) is 0.333. The Balaban J connectivity index is 1.81. The zero-order chi connectivity index (χ0) is 17.4. The monoisotopic (exact) mass is 344 g/mol. The number of benzene rings is 1. The lowest BCUT2D eigenvalue weighted by Gasteiger charge is -2.09. The first kappa shape index (κ1) is 16.6. The van der Waals surface area contributed by atoms with Crippen LogP contribution in [0.2, 0.25) is 5.02 Å². The number of carbonyl (C=O) groups is 1. The van der Waals surface area contributed by atoms with Crippen LogP contribution in [0, 0.1) is 13.8 Å². The van der Waals surface area contributed by atoms with Gasteiger partial charge in [-0.25, -0.2) is 0 Å². The highest BCUT2D eigenvalue weighted by Crippen LogP contribution is 2.25. The minimum Gasteiger partial charge on any atom is -0.361 e. The molecule has 0 fully saturated rings. The molecular weight excluding hydrogens is 324 g/mol. The van der Waals surface area contributed by atoms with E-state index in [9.17, 15) is 4.79 Å². The highest BCUT2D eigenvalue weighted by Gasteiger charge is 2.16. The number of anilines is 1. The Morgan fingerprint density at radius 1 is 1.38 bits per heavy atom. The van der Waals surface area contributed by atoms with E-state index in [1.807, 2.05) is 42.9 Å². The Bertz CT molecular complexity index is 907. The van der Waals surface area contributed by atoms with Crippen molar-refractivity contribution in [2.24, 2.45) is 0 Å². The molecule has 1 amide bonds. The number of nitrogens with one attached hydrogen (secondary N) is 2. The number of aryl methyl sites for hydroxylation is 1. The maximum atomic E-state index is 12.5. The summed E-state index contributed by atoms with van der Waals surface area (Å²) in [6.45, 7) is 8.03. The number of aromatic nitrogens is 3. The molecule has 0 saturated carbocycles. The number of H-pyrrole nitrogens is 1. The van der Waals surface area contributed by atoms with Crippen molar-refractivity contribution in [1.82, 2.24) is 14.8 Å². The van der Waals surface area contributed by atoms with Gasteiger partial charge >= 0.3 is 0 Å². The van der Waals surface area contributed by atoms with E-state index >= 15 is 0 Å². The third-order valence-electron chi connectivity index (χ3n) is 4.16. The summed E-state index contributed by atoms with van der Waals surface area (Å²) < 4.78 is 1.93. The standard InChI is InChI=1S/C18H21ClN4O/c1-10(2)23-12(4)18(11(3)22-23)21-17(24)7-13-9-20-16-8-14(19)5-6-15(13)16/h5-6,8-10,20H,7H2,1-4H3,(H,21,24). The van der Waals surface area contributed by atoms with Gasteiger partial charge in [0.1, 0.15) is 0 Å². The number of aromatic amines is 1. The average Bonchev–Trinajstić information content (AvgIpc) is 3.02. The molecule has 5 nitrogen and oxygen atoms in total. The van der Waals surface area contributed by atoms with Crippen LogP contribution in [0.15, 0.2) is 24.4 Å². The highest BCUT2D eigenvalue weighted by molar-refractivity contribution is 6.31. The topological polar surface area (TPSA) is 62.7 Å². The molecule has 3 aromatic rings. The summed E-state index contributed by atoms with van der Waals surface area (Å²) in [6.07, 6.45) is 2.16. The van der Waals surface area contributed by atoms with Crippen LogP contribution in [0.3, 0.4) is 0 Å². The van der Waals surface area contributed by atoms with E-state index in [4.69, 9.17) is 11.6 Å². The van der Waals surface area contributed by atoms with Gasteiger partial charge < -0.3 is 10.3 Å². The van der Waals surface area contributed by atoms with Gasteiger partial charge in [-0.2, -0.15) is 5.10 Å². The Hall–Kier alpha value is -2.27. The molecule has 0 aliphatic heterocycles. The summed E-state index contributed by atoms with van der Waals surface area (Å²) in [5.74, 6) is -0.0552. The van der Waals surface area contributed by atoms with Gasteiger partial charge in [-0.1, -0.05) is 17.7 Å². The largest absolute Gasteiger partial charge is 0.361 e. The normalized spacial score (nSPS) is 11.4. The number of halogens is 1. The molecule has 3 rings (SSSR count). The molecule has 0 radical (unpaired) electrons. The summed E-state index contributed by atoms with van der Waals surface area (Å²) in [5, 5.41) is 9.19. The third-order valence-corrected chi connectivity index (χ3v) is 4.39. The lowest BCUT2D eigenvalue weighted by Crippen LogP contribution is -2.15. The van der Waals surface area contributed by atoms with Gasteiger partial charge in [-0.3, -0.25) is 9.48 Å². The van der Waals surface area contributed by atoms with Crippen molar-refractivity contribution in [2.45, 2.75) is 40.2 Å². The summed E-state index contributed by atoms with van der Waals surface area (Å²) >= 11 is 6.00. The van der Waals surface area contributed by atoms with Crippen LogP contribution in [0.25, 0.3) is 10.9 Å². The summed E-state index contributed by atoms with van der Waals surface area (Å²) in [6, 6.07) is 5.89. The molecule has 0 aliphatic rings. The molecule has 0 bridgehead atoms. The van der Waals surface area contributed by atoms with Crippen molar-refractivity contribution in [1.29, 1.82) is 0 Å². The molecule has 2 heterocycles. The minimum absolute atomic E-state index is 0.0552. The van der Waals surface area contributed by atoms with Crippen LogP contribution in [-0.2, 0) is 11.2 Å². The van der Waals surface area contributed by atoms with Crippen LogP contribution in [-0.4, -0.2) is 20.7 Å². The number of carbonyl (C=O) groups excluding carboxylic acids is 1. The zero-order valence-electron chi connectivity index (χ0n) is 14.3. The van der Waals surface area contributed by atoms with Crippen LogP contribution in [0.4, 0.5) is 5.69 Å². The first-order valence-electron chi connectivity index (χ1n) is 7.98. The van der Waals surface area contributed by atoms with Crippen molar-refractivity contribution in [2.75, 3.05) is 5.32 Å². The lowest BCUT2D eigenvalue weighted by molar-refractivity contribution is -0.115. The van der Waals surface area contributed by atoms with Crippen molar-refractivity contribution in [3.8, 4) is 0 Å². The number of fused-ring (bicyclic) bond motifs is 1. The fourth-order valence-corrected chi connectivity index (χ4v) is 3.18. The molecule has 2 N–H and O–H groups in total. The summed E-state index contributed by atoms with van der Waals surface area (Å²) in [7, 11) is 0. The molecule has 2 aromatic heterocycles. The number of hydrogen-bond acceptors (Lipinski definition) is 2. The molecule has 0 atom stereocenters. The minimum atomic E-state index is -0.0552. The van der Waals surface area contributed by atoms with E-state index in [0.29, 0.717) is 11.4 Å². The van der Waals surface area contributed by atoms with E-state index in [0.717, 1.165) is 33.5 Å². The van der Waals surface area contributed by atoms with Gasteiger partial charge in [-0.15, -0.1) is 0 Å². The highest BCUT2D eigenvalue weighted by atomic mass is 35.5. The van der Waals surface area contributed by atoms with Crippen LogP contribution < -0.4 is 5.32 Å². The molecule has 126 valence electrons. The number of rotatable bonds is 4. The van der Waals surface area contributed by atoms with Crippen molar-refractivity contribution < 1.29 is 4.79 Å². The fourth-order valence-electron chi connectivity index (χ4n) is 3.01. The molecule has 0 aliphatic carbocycles. The molecule has 0 unspecified atom stereocenters. The van der Waals surface area contributed by atoms with Gasteiger partial charge in [0.25, 0.3) is 0 Å². The summed E-state index contributed by atoms with van der Waals surface area (Å²) in [5.41, 5.74) is 4.49. The van der Waals surface area contributed by atoms with E-state index in [2.05, 4.69) is 29.2 Å². The predicted molar refractivity (Wildman–Crippen MR) is 97.7 cm³/mol. The van der Waals surface area contributed by atoms with Crippen LogP contribution >= 0.6 is 11.6 Å². The molecular formula is C18H21ClN4O. The quantitative estimate of drug-likeness (QED) is 0.737. The number of hydrogen-bond donors (Lipinski definition) is 2. The molecule has 1 aromatic carbocycles. The van der Waals surface area contributed by atoms with Crippen LogP contribution in [0.5, 0.6) is 0 Å². The van der Waals surface area contributed by atoms with E-state index < -0.39 is 0 Å². The average molecular weight is 345 g/mol. The molecule has 0 saturated heterocycles. The van der Waals surface area contributed by atoms with Gasteiger partial charge in [0.15, 0.2) is 0 Å². The molecule has 6 heteroatoms. The van der Waals surface area contributed by atoms with Crippen molar-refractivity contribution in [3.63, 3.8) is 0 Å². The van der Waals surface area contributed by atoms with Crippen LogP contribution in [0.1, 0.15) is 36.8 Å². The van der Waals surface area contributed by atoms with E-state index in [-0.39, 0.29) is 11.9 Å². The lowest BCUT2D eigenvalue weighted by atomic mass is 10.1. The predicted octanol–water partition coefficient (Wildman–Crippen LogP) is 4.40. The first-order chi connectivity index (χ1) is 11.4. The SMILES string of the molecule is Cc1nn(C(C)C)c(C)c1NC(=O)Cc1c[nH]c2cc(Cl)ccc12. The second kappa shape index (κ2) is 6.32. The van der Waals surface area contributed by atoms with Gasteiger partial charge in [-0.05, 0) is 45.4 Å². The third kappa shape index (κ3) is 3.04. The maximum Gasteiger partial charge on any atom is 0.228 e. The summed E-state index contributed by atoms with van der Waals surface area (Å²) in [4.78, 5) is 15.6. The van der Waals surface area contributed by atoms with E-state index in [1.165, 1.54) is 0 Å². The Labute approximate surface area is 146 Å². The molecule has 0 spiro atoms. The Kier molecular flexibility index (Phi) is 4.37. The second-order valence-corrected chi connectivity index (χ2v) is 6.75. The van der Waals surface area contributed by atoms with Crippen molar-refractivity contribution >= 4 is 34.1 Å². The zero-order valence-corrected chi connectivity index (χ0v) is 15.0. The second-order valence-electron chi connectivity index (χ2n) is 6.31. The molecule has 24 heavy (non-hydrogen) atoms. The Morgan fingerprint density at radius 2 is 2.12 bits per heavy atom. The van der Waals surface area contributed by atoms with Gasteiger partial charge in [0.05, 0.1) is 23.5 Å². The number of amides is 1. The first-order valence-corrected chi connectivity index (χ1v) is 8.35. The number of nitrogens with zero attached hydrogens (tertiary/aromatic N) is 2. The van der Waals surface area contributed by atoms with Gasteiger partial charge in [0, 0.05) is 28.2 Å². The van der Waals surface area contributed by atoms with Crippen molar-refractivity contribution in [3.05, 3.63) is 46.4 Å².